The van der Waals surface area contributed by atoms with Gasteiger partial charge in [-0.25, -0.2) is 0 Å². The van der Waals surface area contributed by atoms with E-state index < -0.39 is 0 Å². The van der Waals surface area contributed by atoms with Crippen LogP contribution >= 0.6 is 7.92 Å². The van der Waals surface area contributed by atoms with E-state index in [4.69, 9.17) is 4.74 Å². The van der Waals surface area contributed by atoms with Crippen LogP contribution in [-0.4, -0.2) is 18.4 Å². The molecule has 1 fully saturated rings. The number of ether oxygens (including phenoxy) is 1. The maximum absolute atomic E-state index is 5.94. The molecule has 0 bridgehead atoms. The lowest BCUT2D eigenvalue weighted by Gasteiger charge is -2.27. The maximum atomic E-state index is 5.94. The van der Waals surface area contributed by atoms with Crippen LogP contribution in [-0.2, 0) is 0 Å². The van der Waals surface area contributed by atoms with Crippen LogP contribution in [0.5, 0.6) is 5.75 Å². The zero-order chi connectivity index (χ0) is 20.0. The van der Waals surface area contributed by atoms with Gasteiger partial charge in [-0.05, 0) is 57.1 Å². The topological polar surface area (TPSA) is 9.23 Å². The molecule has 146 valence electrons. The van der Waals surface area contributed by atoms with Gasteiger partial charge in [0.15, 0.2) is 0 Å². The molecule has 2 heteroatoms. The van der Waals surface area contributed by atoms with E-state index in [0.29, 0.717) is 0 Å². The van der Waals surface area contributed by atoms with Gasteiger partial charge in [0.2, 0.25) is 0 Å². The smallest absolute Gasteiger partial charge is 0.127 e. The van der Waals surface area contributed by atoms with Crippen LogP contribution in [0.4, 0.5) is 0 Å². The summed E-state index contributed by atoms with van der Waals surface area (Å²) in [5.41, 5.74) is 4.18. The summed E-state index contributed by atoms with van der Waals surface area (Å²) in [6, 6.07) is 26.6. The summed E-state index contributed by atoms with van der Waals surface area (Å²) in [5.74, 6) is 0.968. The lowest BCUT2D eigenvalue weighted by Crippen LogP contribution is -2.14. The Bertz CT molecular complexity index is 1190. The summed E-state index contributed by atoms with van der Waals surface area (Å²) < 4.78 is 5.94. The number of hydrogen-bond acceptors (Lipinski definition) is 1. The molecule has 2 unspecified atom stereocenters. The predicted octanol–water partition coefficient (Wildman–Crippen LogP) is 7.35. The second-order valence-electron chi connectivity index (χ2n) is 8.23. The SMILES string of the molecule is COc1ccc2ccccc2c1-c1c(P2C(C)CC[C@H]2C)ccc2ccccc12. The van der Waals surface area contributed by atoms with Gasteiger partial charge in [-0.3, -0.25) is 0 Å². The zero-order valence-electron chi connectivity index (χ0n) is 17.4. The van der Waals surface area contributed by atoms with Crippen LogP contribution in [0.1, 0.15) is 26.7 Å². The van der Waals surface area contributed by atoms with Gasteiger partial charge in [0.25, 0.3) is 0 Å². The van der Waals surface area contributed by atoms with Crippen molar-refractivity contribution in [2.75, 3.05) is 7.11 Å². The highest BCUT2D eigenvalue weighted by Crippen LogP contribution is 2.57. The number of hydrogen-bond donors (Lipinski definition) is 0. The van der Waals surface area contributed by atoms with Crippen molar-refractivity contribution in [3.8, 4) is 16.9 Å². The fourth-order valence-electron chi connectivity index (χ4n) is 5.09. The first kappa shape index (κ1) is 18.6. The van der Waals surface area contributed by atoms with E-state index in [-0.39, 0.29) is 7.92 Å². The minimum atomic E-state index is -0.209. The highest BCUT2D eigenvalue weighted by atomic mass is 31.1. The molecule has 1 nitrogen and oxygen atoms in total. The zero-order valence-corrected chi connectivity index (χ0v) is 18.2. The summed E-state index contributed by atoms with van der Waals surface area (Å²) in [5, 5.41) is 6.73. The molecule has 0 aromatic heterocycles. The number of benzene rings is 4. The third-order valence-electron chi connectivity index (χ3n) is 6.50. The highest BCUT2D eigenvalue weighted by molar-refractivity contribution is 7.67. The van der Waals surface area contributed by atoms with E-state index >= 15 is 0 Å². The van der Waals surface area contributed by atoms with Gasteiger partial charge in [-0.15, -0.1) is 0 Å². The van der Waals surface area contributed by atoms with Crippen LogP contribution in [0, 0.1) is 0 Å². The van der Waals surface area contributed by atoms with Gasteiger partial charge < -0.3 is 4.74 Å². The average molecular weight is 398 g/mol. The van der Waals surface area contributed by atoms with E-state index in [9.17, 15) is 0 Å². The molecule has 0 N–H and O–H groups in total. The van der Waals surface area contributed by atoms with Gasteiger partial charge in [0, 0.05) is 11.1 Å². The first-order chi connectivity index (χ1) is 14.2. The normalized spacial score (nSPS) is 21.7. The molecule has 1 aliphatic heterocycles. The molecule has 1 aliphatic rings. The standard InChI is InChI=1S/C27H27OP/c1-18-12-13-19(2)29(18)25-17-15-21-9-5-7-11-23(21)27(25)26-22-10-6-4-8-20(22)14-16-24(26)28-3/h4-11,14-19H,12-13H2,1-3H3/t18-,19?,29?/m1/s1. The number of fused-ring (bicyclic) bond motifs is 2. The van der Waals surface area contributed by atoms with Crippen molar-refractivity contribution in [2.24, 2.45) is 0 Å². The first-order valence-electron chi connectivity index (χ1n) is 10.5. The fourth-order valence-corrected chi connectivity index (χ4v) is 8.50. The summed E-state index contributed by atoms with van der Waals surface area (Å²) in [6.07, 6.45) is 2.68. The van der Waals surface area contributed by atoms with Gasteiger partial charge in [-0.2, -0.15) is 0 Å². The maximum Gasteiger partial charge on any atom is 0.127 e. The lowest BCUT2D eigenvalue weighted by atomic mass is 9.93. The van der Waals surface area contributed by atoms with Crippen LogP contribution in [0.15, 0.2) is 72.8 Å². The number of rotatable bonds is 3. The Kier molecular flexibility index (Phi) is 4.80. The van der Waals surface area contributed by atoms with Crippen LogP contribution in [0.3, 0.4) is 0 Å². The molecule has 0 spiro atoms. The molecule has 0 saturated carbocycles. The monoisotopic (exact) mass is 398 g/mol. The van der Waals surface area contributed by atoms with E-state index in [0.717, 1.165) is 17.1 Å². The van der Waals surface area contributed by atoms with Gasteiger partial charge >= 0.3 is 0 Å². The molecule has 1 heterocycles. The summed E-state index contributed by atoms with van der Waals surface area (Å²) in [4.78, 5) is 0. The van der Waals surface area contributed by atoms with Gasteiger partial charge in [0.1, 0.15) is 5.75 Å². The summed E-state index contributed by atoms with van der Waals surface area (Å²) >= 11 is 0. The molecule has 0 aliphatic carbocycles. The Labute approximate surface area is 174 Å². The molecule has 0 radical (unpaired) electrons. The molecular formula is C27H27OP. The molecule has 29 heavy (non-hydrogen) atoms. The van der Waals surface area contributed by atoms with Crippen molar-refractivity contribution in [1.82, 2.24) is 0 Å². The average Bonchev–Trinajstić information content (AvgIpc) is 3.10. The minimum Gasteiger partial charge on any atom is -0.496 e. The van der Waals surface area contributed by atoms with E-state index in [1.165, 1.54) is 45.5 Å². The Morgan fingerprint density at radius 2 is 1.24 bits per heavy atom. The molecule has 1 saturated heterocycles. The minimum absolute atomic E-state index is 0.209. The predicted molar refractivity (Wildman–Crippen MR) is 128 cm³/mol. The molecular weight excluding hydrogens is 371 g/mol. The van der Waals surface area contributed by atoms with Gasteiger partial charge in [0.05, 0.1) is 7.11 Å². The number of methoxy groups -OCH3 is 1. The van der Waals surface area contributed by atoms with E-state index in [2.05, 4.69) is 86.6 Å². The van der Waals surface area contributed by atoms with E-state index in [1.807, 2.05) is 0 Å². The third kappa shape index (κ3) is 3.04. The lowest BCUT2D eigenvalue weighted by molar-refractivity contribution is 0.417. The van der Waals surface area contributed by atoms with Crippen LogP contribution in [0.2, 0.25) is 0 Å². The molecule has 4 aromatic carbocycles. The third-order valence-corrected chi connectivity index (χ3v) is 9.84. The second-order valence-corrected chi connectivity index (χ2v) is 11.3. The highest BCUT2D eigenvalue weighted by Gasteiger charge is 2.33. The summed E-state index contributed by atoms with van der Waals surface area (Å²) in [7, 11) is 1.59. The Balaban J connectivity index is 1.92. The Morgan fingerprint density at radius 3 is 1.86 bits per heavy atom. The largest absolute Gasteiger partial charge is 0.496 e. The quantitative estimate of drug-likeness (QED) is 0.328. The van der Waals surface area contributed by atoms with Crippen molar-refractivity contribution < 1.29 is 4.74 Å². The van der Waals surface area contributed by atoms with Crippen molar-refractivity contribution in [3.05, 3.63) is 72.8 Å². The summed E-state index contributed by atoms with van der Waals surface area (Å²) in [6.45, 7) is 4.91. The first-order valence-corrected chi connectivity index (χ1v) is 12.0. The van der Waals surface area contributed by atoms with E-state index in [1.54, 1.807) is 12.4 Å². The van der Waals surface area contributed by atoms with Crippen molar-refractivity contribution in [3.63, 3.8) is 0 Å². The Hall–Kier alpha value is -2.37. The molecule has 3 atom stereocenters. The van der Waals surface area contributed by atoms with Crippen molar-refractivity contribution in [1.29, 1.82) is 0 Å². The van der Waals surface area contributed by atoms with Crippen molar-refractivity contribution >= 4 is 34.8 Å². The van der Waals surface area contributed by atoms with Crippen LogP contribution < -0.4 is 10.0 Å². The molecule has 0 amide bonds. The fraction of sp³-hybridized carbons (Fsp3) is 0.259. The molecule has 4 aromatic rings. The second kappa shape index (κ2) is 7.47. The van der Waals surface area contributed by atoms with Gasteiger partial charge in [-0.1, -0.05) is 88.5 Å². The van der Waals surface area contributed by atoms with Crippen molar-refractivity contribution in [2.45, 2.75) is 38.0 Å². The molecule has 5 rings (SSSR count). The van der Waals surface area contributed by atoms with Crippen LogP contribution in [0.25, 0.3) is 32.7 Å². The Morgan fingerprint density at radius 1 is 0.690 bits per heavy atom.